The lowest BCUT2D eigenvalue weighted by atomic mass is 10.2. The molecule has 2 rings (SSSR count). The van der Waals surface area contributed by atoms with Gasteiger partial charge in [-0.15, -0.1) is 0 Å². The van der Waals surface area contributed by atoms with Crippen molar-refractivity contribution in [3.05, 3.63) is 58.6 Å². The van der Waals surface area contributed by atoms with E-state index in [1.54, 1.807) is 25.2 Å². The van der Waals surface area contributed by atoms with Gasteiger partial charge in [-0.2, -0.15) is 4.31 Å². The molecule has 0 unspecified atom stereocenters. The molecule has 0 saturated carbocycles. The minimum Gasteiger partial charge on any atom is -0.496 e. The highest BCUT2D eigenvalue weighted by Gasteiger charge is 2.21. The minimum absolute atomic E-state index is 0.230. The zero-order chi connectivity index (χ0) is 15.5. The number of rotatable bonds is 5. The van der Waals surface area contributed by atoms with E-state index in [1.807, 2.05) is 30.3 Å². The maximum absolute atomic E-state index is 12.6. The SMILES string of the molecule is COc1ccc(S(=O)(=O)N(C)Cc2ccccc2)cc1Br. The molecule has 0 bridgehead atoms. The summed E-state index contributed by atoms with van der Waals surface area (Å²) in [5, 5.41) is 0. The highest BCUT2D eigenvalue weighted by Crippen LogP contribution is 2.28. The van der Waals surface area contributed by atoms with Crippen LogP contribution >= 0.6 is 15.9 Å². The maximum atomic E-state index is 12.6. The van der Waals surface area contributed by atoms with Crippen molar-refractivity contribution in [1.29, 1.82) is 0 Å². The number of benzene rings is 2. The first-order valence-electron chi connectivity index (χ1n) is 6.29. The fourth-order valence-corrected chi connectivity index (χ4v) is 3.79. The van der Waals surface area contributed by atoms with Crippen LogP contribution in [0.4, 0.5) is 0 Å². The number of sulfonamides is 1. The summed E-state index contributed by atoms with van der Waals surface area (Å²) in [6.07, 6.45) is 0. The molecule has 0 aliphatic carbocycles. The van der Waals surface area contributed by atoms with Crippen LogP contribution < -0.4 is 4.74 Å². The van der Waals surface area contributed by atoms with Crippen molar-refractivity contribution in [2.24, 2.45) is 0 Å². The number of halogens is 1. The van der Waals surface area contributed by atoms with Crippen LogP contribution in [-0.4, -0.2) is 26.9 Å². The Bertz CT molecular complexity index is 717. The monoisotopic (exact) mass is 369 g/mol. The predicted octanol–water partition coefficient (Wildman–Crippen LogP) is 3.28. The van der Waals surface area contributed by atoms with Crippen LogP contribution in [0.15, 0.2) is 57.9 Å². The molecule has 0 aliphatic heterocycles. The van der Waals surface area contributed by atoms with Crippen LogP contribution in [0.3, 0.4) is 0 Å². The molecule has 112 valence electrons. The molecule has 6 heteroatoms. The predicted molar refractivity (Wildman–Crippen MR) is 85.8 cm³/mol. The smallest absolute Gasteiger partial charge is 0.243 e. The Morgan fingerprint density at radius 2 is 1.81 bits per heavy atom. The third kappa shape index (κ3) is 3.64. The van der Waals surface area contributed by atoms with E-state index < -0.39 is 10.0 Å². The summed E-state index contributed by atoms with van der Waals surface area (Å²) in [7, 11) is -0.429. The summed E-state index contributed by atoms with van der Waals surface area (Å²) >= 11 is 3.31. The minimum atomic E-state index is -3.54. The van der Waals surface area contributed by atoms with Gasteiger partial charge in [-0.05, 0) is 39.7 Å². The number of nitrogens with zero attached hydrogens (tertiary/aromatic N) is 1. The van der Waals surface area contributed by atoms with E-state index in [1.165, 1.54) is 11.4 Å². The van der Waals surface area contributed by atoms with Gasteiger partial charge < -0.3 is 4.74 Å². The van der Waals surface area contributed by atoms with Crippen molar-refractivity contribution in [2.45, 2.75) is 11.4 Å². The van der Waals surface area contributed by atoms with Crippen molar-refractivity contribution >= 4 is 26.0 Å². The Balaban J connectivity index is 2.27. The van der Waals surface area contributed by atoms with E-state index in [-0.39, 0.29) is 4.90 Å². The number of hydrogen-bond acceptors (Lipinski definition) is 3. The Labute approximate surface area is 133 Å². The zero-order valence-electron chi connectivity index (χ0n) is 11.8. The summed E-state index contributed by atoms with van der Waals surface area (Å²) in [6, 6.07) is 14.2. The molecule has 0 atom stereocenters. The Morgan fingerprint density at radius 3 is 2.38 bits per heavy atom. The second-order valence-corrected chi connectivity index (χ2v) is 7.44. The van der Waals surface area contributed by atoms with E-state index in [0.717, 1.165) is 5.56 Å². The lowest BCUT2D eigenvalue weighted by Gasteiger charge is -2.18. The zero-order valence-corrected chi connectivity index (χ0v) is 14.2. The van der Waals surface area contributed by atoms with Gasteiger partial charge in [0.15, 0.2) is 0 Å². The summed E-state index contributed by atoms with van der Waals surface area (Å²) in [5.74, 6) is 0.597. The second-order valence-electron chi connectivity index (χ2n) is 4.54. The van der Waals surface area contributed by atoms with Crippen LogP contribution in [-0.2, 0) is 16.6 Å². The normalized spacial score (nSPS) is 11.6. The lowest BCUT2D eigenvalue weighted by molar-refractivity contribution is 0.411. The van der Waals surface area contributed by atoms with E-state index in [4.69, 9.17) is 4.74 Å². The van der Waals surface area contributed by atoms with Gasteiger partial charge in [0.25, 0.3) is 0 Å². The number of hydrogen-bond donors (Lipinski definition) is 0. The van der Waals surface area contributed by atoms with Crippen LogP contribution in [0, 0.1) is 0 Å². The molecule has 0 amide bonds. The van der Waals surface area contributed by atoms with Gasteiger partial charge in [0.1, 0.15) is 5.75 Å². The molecule has 0 radical (unpaired) electrons. The molecule has 0 fully saturated rings. The fourth-order valence-electron chi connectivity index (χ4n) is 1.91. The molecule has 0 saturated heterocycles. The Hall–Kier alpha value is -1.37. The highest BCUT2D eigenvalue weighted by atomic mass is 79.9. The van der Waals surface area contributed by atoms with Gasteiger partial charge in [-0.1, -0.05) is 30.3 Å². The molecule has 0 spiro atoms. The van der Waals surface area contributed by atoms with Gasteiger partial charge in [0.05, 0.1) is 16.5 Å². The summed E-state index contributed by atoms with van der Waals surface area (Å²) in [5.41, 5.74) is 0.941. The third-order valence-electron chi connectivity index (χ3n) is 3.08. The number of methoxy groups -OCH3 is 1. The molecular formula is C15H16BrNO3S. The first-order valence-corrected chi connectivity index (χ1v) is 8.52. The first kappa shape index (κ1) is 16.0. The van der Waals surface area contributed by atoms with Crippen molar-refractivity contribution in [1.82, 2.24) is 4.31 Å². The van der Waals surface area contributed by atoms with E-state index in [0.29, 0.717) is 16.8 Å². The van der Waals surface area contributed by atoms with Gasteiger partial charge in [0.2, 0.25) is 10.0 Å². The van der Waals surface area contributed by atoms with Gasteiger partial charge in [-0.25, -0.2) is 8.42 Å². The standard InChI is InChI=1S/C15H16BrNO3S/c1-17(11-12-6-4-3-5-7-12)21(18,19)13-8-9-15(20-2)14(16)10-13/h3-10H,11H2,1-2H3. The molecule has 2 aromatic rings. The van der Waals surface area contributed by atoms with Gasteiger partial charge in [-0.3, -0.25) is 0 Å². The van der Waals surface area contributed by atoms with Crippen LogP contribution in [0.2, 0.25) is 0 Å². The summed E-state index contributed by atoms with van der Waals surface area (Å²) in [6.45, 7) is 0.326. The van der Waals surface area contributed by atoms with E-state index in [9.17, 15) is 8.42 Å². The van der Waals surface area contributed by atoms with Crippen LogP contribution in [0.25, 0.3) is 0 Å². The van der Waals surface area contributed by atoms with Crippen LogP contribution in [0.5, 0.6) is 5.75 Å². The van der Waals surface area contributed by atoms with Crippen molar-refractivity contribution in [3.8, 4) is 5.75 Å². The summed E-state index contributed by atoms with van der Waals surface area (Å²) < 4.78 is 32.2. The topological polar surface area (TPSA) is 46.6 Å². The molecular weight excluding hydrogens is 354 g/mol. The molecule has 0 aromatic heterocycles. The van der Waals surface area contributed by atoms with Crippen molar-refractivity contribution in [3.63, 3.8) is 0 Å². The fraction of sp³-hybridized carbons (Fsp3) is 0.200. The average Bonchev–Trinajstić information content (AvgIpc) is 2.48. The molecule has 0 N–H and O–H groups in total. The molecule has 0 aliphatic rings. The Morgan fingerprint density at radius 1 is 1.14 bits per heavy atom. The largest absolute Gasteiger partial charge is 0.496 e. The third-order valence-corrected chi connectivity index (χ3v) is 5.50. The molecule has 21 heavy (non-hydrogen) atoms. The van der Waals surface area contributed by atoms with Crippen molar-refractivity contribution < 1.29 is 13.2 Å². The molecule has 4 nitrogen and oxygen atoms in total. The summed E-state index contributed by atoms with van der Waals surface area (Å²) in [4.78, 5) is 0.230. The van der Waals surface area contributed by atoms with E-state index >= 15 is 0 Å². The number of ether oxygens (including phenoxy) is 1. The maximum Gasteiger partial charge on any atom is 0.243 e. The van der Waals surface area contributed by atoms with Crippen molar-refractivity contribution in [2.75, 3.05) is 14.2 Å². The van der Waals surface area contributed by atoms with E-state index in [2.05, 4.69) is 15.9 Å². The lowest BCUT2D eigenvalue weighted by Crippen LogP contribution is -2.26. The molecule has 2 aromatic carbocycles. The molecule has 0 heterocycles. The average molecular weight is 370 g/mol. The van der Waals surface area contributed by atoms with Crippen LogP contribution in [0.1, 0.15) is 5.56 Å². The quantitative estimate of drug-likeness (QED) is 0.812. The van der Waals surface area contributed by atoms with Gasteiger partial charge >= 0.3 is 0 Å². The Kier molecular flexibility index (Phi) is 5.03. The first-order chi connectivity index (χ1) is 9.95. The van der Waals surface area contributed by atoms with Gasteiger partial charge in [0, 0.05) is 13.6 Å². The second kappa shape index (κ2) is 6.60. The highest BCUT2D eigenvalue weighted by molar-refractivity contribution is 9.10.